The van der Waals surface area contributed by atoms with E-state index in [2.05, 4.69) is 25.7 Å². The summed E-state index contributed by atoms with van der Waals surface area (Å²) in [5.74, 6) is 0.476. The summed E-state index contributed by atoms with van der Waals surface area (Å²) in [5.41, 5.74) is 0.726. The van der Waals surface area contributed by atoms with Crippen molar-refractivity contribution >= 4 is 46.1 Å². The average Bonchev–Trinajstić information content (AvgIpc) is 2.98. The molecule has 2 heterocycles. The summed E-state index contributed by atoms with van der Waals surface area (Å²) in [4.78, 5) is 20.2. The summed E-state index contributed by atoms with van der Waals surface area (Å²) < 4.78 is 6.78. The molecular formula is C13H19ClN6O2S. The Hall–Kier alpha value is -1.58. The van der Waals surface area contributed by atoms with Crippen molar-refractivity contribution in [3.8, 4) is 0 Å². The predicted octanol–water partition coefficient (Wildman–Crippen LogP) is 0.962. The molecule has 0 aromatic carbocycles. The second-order valence-corrected chi connectivity index (χ2v) is 5.61. The summed E-state index contributed by atoms with van der Waals surface area (Å²) in [6, 6.07) is 0. The molecule has 0 saturated heterocycles. The zero-order valence-electron chi connectivity index (χ0n) is 13.0. The molecule has 126 valence electrons. The molecule has 0 fully saturated rings. The summed E-state index contributed by atoms with van der Waals surface area (Å²) in [7, 11) is 1.65. The minimum absolute atomic E-state index is 0.0494. The lowest BCUT2D eigenvalue weighted by atomic mass is 10.4. The largest absolute Gasteiger partial charge is 0.383 e. The van der Waals surface area contributed by atoms with Gasteiger partial charge < -0.3 is 15.4 Å². The highest BCUT2D eigenvalue weighted by molar-refractivity contribution is 7.98. The van der Waals surface area contributed by atoms with Crippen molar-refractivity contribution in [2.24, 2.45) is 0 Å². The third-order valence-corrected chi connectivity index (χ3v) is 3.81. The number of fused-ring (bicyclic) bond motifs is 1. The number of rotatable bonds is 9. The van der Waals surface area contributed by atoms with Crippen LogP contribution < -0.4 is 10.6 Å². The van der Waals surface area contributed by atoms with Crippen LogP contribution in [0.15, 0.2) is 11.4 Å². The van der Waals surface area contributed by atoms with E-state index in [0.717, 1.165) is 16.9 Å². The van der Waals surface area contributed by atoms with Crippen molar-refractivity contribution < 1.29 is 9.53 Å². The number of aromatic nitrogens is 4. The van der Waals surface area contributed by atoms with Gasteiger partial charge in [-0.1, -0.05) is 11.8 Å². The second kappa shape index (κ2) is 8.90. The molecule has 0 aliphatic carbocycles. The second-order valence-electron chi connectivity index (χ2n) is 4.57. The number of thioether (sulfide) groups is 1. The van der Waals surface area contributed by atoms with Crippen molar-refractivity contribution in [1.29, 1.82) is 0 Å². The third kappa shape index (κ3) is 4.69. The predicted molar refractivity (Wildman–Crippen MR) is 91.2 cm³/mol. The van der Waals surface area contributed by atoms with Crippen LogP contribution in [0, 0.1) is 0 Å². The van der Waals surface area contributed by atoms with Gasteiger partial charge in [-0.3, -0.25) is 4.79 Å². The molecule has 0 aliphatic rings. The lowest BCUT2D eigenvalue weighted by Crippen LogP contribution is -2.28. The van der Waals surface area contributed by atoms with E-state index in [1.807, 2.05) is 6.26 Å². The van der Waals surface area contributed by atoms with Gasteiger partial charge >= 0.3 is 0 Å². The number of nitrogens with one attached hydrogen (secondary N) is 2. The number of nitrogens with zero attached hydrogens (tertiary/aromatic N) is 4. The Morgan fingerprint density at radius 1 is 1.43 bits per heavy atom. The zero-order chi connectivity index (χ0) is 16.7. The van der Waals surface area contributed by atoms with Gasteiger partial charge in [-0.05, 0) is 6.26 Å². The van der Waals surface area contributed by atoms with E-state index >= 15 is 0 Å². The molecule has 2 aromatic rings. The first-order chi connectivity index (χ1) is 11.2. The van der Waals surface area contributed by atoms with Crippen LogP contribution in [0.1, 0.15) is 0 Å². The number of halogens is 1. The molecule has 2 N–H and O–H groups in total. The summed E-state index contributed by atoms with van der Waals surface area (Å²) >= 11 is 6.91. The van der Waals surface area contributed by atoms with Gasteiger partial charge in [-0.2, -0.15) is 5.10 Å². The Bertz CT molecular complexity index is 665. The maximum absolute atomic E-state index is 11.2. The van der Waals surface area contributed by atoms with E-state index in [1.165, 1.54) is 11.8 Å². The molecule has 0 bridgehead atoms. The molecule has 0 atom stereocenters. The maximum atomic E-state index is 11.2. The van der Waals surface area contributed by atoms with Crippen molar-refractivity contribution in [3.63, 3.8) is 0 Å². The van der Waals surface area contributed by atoms with Crippen LogP contribution in [-0.2, 0) is 16.1 Å². The third-order valence-electron chi connectivity index (χ3n) is 3.02. The van der Waals surface area contributed by atoms with Gasteiger partial charge in [0.1, 0.15) is 11.7 Å². The highest BCUT2D eigenvalue weighted by atomic mass is 35.5. The van der Waals surface area contributed by atoms with Gasteiger partial charge in [0.15, 0.2) is 10.8 Å². The van der Waals surface area contributed by atoms with Crippen molar-refractivity contribution in [2.75, 3.05) is 44.3 Å². The van der Waals surface area contributed by atoms with Crippen molar-refractivity contribution in [2.45, 2.75) is 11.7 Å². The van der Waals surface area contributed by atoms with E-state index < -0.39 is 0 Å². The topological polar surface area (TPSA) is 94.0 Å². The van der Waals surface area contributed by atoms with Crippen LogP contribution in [0.2, 0.25) is 0 Å². The SMILES string of the molecule is COCCNc1nc(SC)nc2c1cnn2CCNC(=O)CCl. The van der Waals surface area contributed by atoms with Gasteiger partial charge in [0.25, 0.3) is 0 Å². The van der Waals surface area contributed by atoms with E-state index in [-0.39, 0.29) is 11.8 Å². The van der Waals surface area contributed by atoms with Gasteiger partial charge in [0.2, 0.25) is 5.91 Å². The normalized spacial score (nSPS) is 10.9. The standard InChI is InChI=1S/C13H19ClN6O2S/c1-22-6-4-16-11-9-8-17-20(5-3-15-10(21)7-14)12(9)19-13(18-11)23-2/h8H,3-7H2,1-2H3,(H,15,21)(H,16,18,19). The van der Waals surface area contributed by atoms with Gasteiger partial charge in [-0.15, -0.1) is 11.6 Å². The molecule has 0 aliphatic heterocycles. The summed E-state index contributed by atoms with van der Waals surface area (Å²) in [6.45, 7) is 2.17. The van der Waals surface area contributed by atoms with E-state index in [4.69, 9.17) is 16.3 Å². The monoisotopic (exact) mass is 358 g/mol. The minimum atomic E-state index is -0.204. The Labute approximate surface area is 143 Å². The number of amides is 1. The summed E-state index contributed by atoms with van der Waals surface area (Å²) in [6.07, 6.45) is 3.64. The van der Waals surface area contributed by atoms with Gasteiger partial charge in [-0.25, -0.2) is 14.6 Å². The van der Waals surface area contributed by atoms with Crippen LogP contribution in [0.4, 0.5) is 5.82 Å². The highest BCUT2D eigenvalue weighted by Crippen LogP contribution is 2.23. The number of ether oxygens (including phenoxy) is 1. The van der Waals surface area contributed by atoms with Crippen molar-refractivity contribution in [1.82, 2.24) is 25.1 Å². The molecule has 2 rings (SSSR count). The smallest absolute Gasteiger partial charge is 0.234 e. The first-order valence-corrected chi connectivity index (χ1v) is 8.78. The molecule has 23 heavy (non-hydrogen) atoms. The number of hydrogen-bond donors (Lipinski definition) is 2. The lowest BCUT2D eigenvalue weighted by molar-refractivity contribution is -0.118. The Kier molecular flexibility index (Phi) is 6.87. The van der Waals surface area contributed by atoms with Gasteiger partial charge in [0, 0.05) is 20.2 Å². The number of carbonyl (C=O) groups excluding carboxylic acids is 1. The average molecular weight is 359 g/mol. The Morgan fingerprint density at radius 3 is 2.96 bits per heavy atom. The van der Waals surface area contributed by atoms with Gasteiger partial charge in [0.05, 0.1) is 24.7 Å². The molecule has 0 saturated carbocycles. The minimum Gasteiger partial charge on any atom is -0.383 e. The molecule has 10 heteroatoms. The highest BCUT2D eigenvalue weighted by Gasteiger charge is 2.12. The number of alkyl halides is 1. The van der Waals surface area contributed by atoms with E-state index in [0.29, 0.717) is 31.4 Å². The number of carbonyl (C=O) groups is 1. The summed E-state index contributed by atoms with van der Waals surface area (Å²) in [5, 5.41) is 11.8. The van der Waals surface area contributed by atoms with E-state index in [9.17, 15) is 4.79 Å². The maximum Gasteiger partial charge on any atom is 0.234 e. The number of hydrogen-bond acceptors (Lipinski definition) is 7. The zero-order valence-corrected chi connectivity index (χ0v) is 14.6. The molecule has 2 aromatic heterocycles. The quantitative estimate of drug-likeness (QED) is 0.298. The Balaban J connectivity index is 2.19. The number of methoxy groups -OCH3 is 1. The molecular weight excluding hydrogens is 340 g/mol. The fourth-order valence-electron chi connectivity index (χ4n) is 1.94. The fraction of sp³-hybridized carbons (Fsp3) is 0.538. The first-order valence-electron chi connectivity index (χ1n) is 7.02. The molecule has 0 radical (unpaired) electrons. The number of anilines is 1. The Morgan fingerprint density at radius 2 is 2.26 bits per heavy atom. The van der Waals surface area contributed by atoms with Crippen LogP contribution in [0.25, 0.3) is 11.0 Å². The molecule has 0 unspecified atom stereocenters. The van der Waals surface area contributed by atoms with Crippen LogP contribution in [0.3, 0.4) is 0 Å². The van der Waals surface area contributed by atoms with Crippen LogP contribution in [0.5, 0.6) is 0 Å². The van der Waals surface area contributed by atoms with E-state index in [1.54, 1.807) is 18.0 Å². The first kappa shape index (κ1) is 17.8. The molecule has 0 spiro atoms. The van der Waals surface area contributed by atoms with Crippen molar-refractivity contribution in [3.05, 3.63) is 6.20 Å². The van der Waals surface area contributed by atoms with Crippen LogP contribution in [-0.4, -0.2) is 64.6 Å². The molecule has 1 amide bonds. The fourth-order valence-corrected chi connectivity index (χ4v) is 2.40. The lowest BCUT2D eigenvalue weighted by Gasteiger charge is -2.09. The van der Waals surface area contributed by atoms with Crippen LogP contribution >= 0.6 is 23.4 Å². The molecule has 8 nitrogen and oxygen atoms in total.